The van der Waals surface area contributed by atoms with Gasteiger partial charge in [-0.1, -0.05) is 49.4 Å². The molecule has 0 aliphatic rings. The Bertz CT molecular complexity index is 561. The topological polar surface area (TPSA) is 26.3 Å². The Kier molecular flexibility index (Phi) is 4.94. The molecule has 2 nitrogen and oxygen atoms in total. The molecule has 0 radical (unpaired) electrons. The summed E-state index contributed by atoms with van der Waals surface area (Å²) in [5, 5.41) is 0. The van der Waals surface area contributed by atoms with Crippen LogP contribution in [-0.4, -0.2) is 6.29 Å². The molecule has 0 saturated carbocycles. The third-order valence-electron chi connectivity index (χ3n) is 3.45. The molecule has 1 unspecified atom stereocenters. The highest BCUT2D eigenvalue weighted by Gasteiger charge is 2.07. The van der Waals surface area contributed by atoms with Gasteiger partial charge in [0.2, 0.25) is 0 Å². The second kappa shape index (κ2) is 6.90. The number of ether oxygens (including phenoxy) is 1. The molecule has 0 fully saturated rings. The SMILES string of the molecule is Cc1cc(C(C)CC=O)ccc1OCc1ccccc1. The summed E-state index contributed by atoms with van der Waals surface area (Å²) in [6.07, 6.45) is 1.53. The third-order valence-corrected chi connectivity index (χ3v) is 3.45. The molecule has 0 spiro atoms. The Hall–Kier alpha value is -2.09. The van der Waals surface area contributed by atoms with E-state index in [2.05, 4.69) is 25.1 Å². The van der Waals surface area contributed by atoms with Crippen LogP contribution in [0.2, 0.25) is 0 Å². The summed E-state index contributed by atoms with van der Waals surface area (Å²) in [6.45, 7) is 4.68. The molecule has 0 heterocycles. The average Bonchev–Trinajstić information content (AvgIpc) is 2.47. The molecule has 0 aromatic heterocycles. The van der Waals surface area contributed by atoms with E-state index in [1.54, 1.807) is 0 Å². The molecule has 2 heteroatoms. The van der Waals surface area contributed by atoms with Gasteiger partial charge in [-0.05, 0) is 35.6 Å². The number of carbonyl (C=O) groups is 1. The van der Waals surface area contributed by atoms with Crippen molar-refractivity contribution in [3.63, 3.8) is 0 Å². The van der Waals surface area contributed by atoms with Gasteiger partial charge in [0.15, 0.2) is 0 Å². The van der Waals surface area contributed by atoms with Crippen LogP contribution >= 0.6 is 0 Å². The minimum absolute atomic E-state index is 0.259. The van der Waals surface area contributed by atoms with E-state index in [9.17, 15) is 4.79 Å². The van der Waals surface area contributed by atoms with Gasteiger partial charge in [-0.2, -0.15) is 0 Å². The molecule has 20 heavy (non-hydrogen) atoms. The quantitative estimate of drug-likeness (QED) is 0.731. The van der Waals surface area contributed by atoms with Gasteiger partial charge in [-0.25, -0.2) is 0 Å². The minimum atomic E-state index is 0.259. The molecule has 2 aromatic rings. The van der Waals surface area contributed by atoms with E-state index in [1.807, 2.05) is 37.3 Å². The monoisotopic (exact) mass is 268 g/mol. The molecule has 0 saturated heterocycles. The molecule has 2 aromatic carbocycles. The first-order valence-electron chi connectivity index (χ1n) is 6.91. The van der Waals surface area contributed by atoms with Gasteiger partial charge in [0.25, 0.3) is 0 Å². The number of aryl methyl sites for hydroxylation is 1. The molecule has 0 aliphatic heterocycles. The molecular formula is C18H20O2. The maximum absolute atomic E-state index is 10.6. The standard InChI is InChI=1S/C18H20O2/c1-14(10-11-19)17-8-9-18(15(2)12-17)20-13-16-6-4-3-5-7-16/h3-9,11-12,14H,10,13H2,1-2H3. The molecule has 1 atom stereocenters. The lowest BCUT2D eigenvalue weighted by Gasteiger charge is -2.13. The van der Waals surface area contributed by atoms with Gasteiger partial charge in [0.05, 0.1) is 0 Å². The van der Waals surface area contributed by atoms with Crippen LogP contribution < -0.4 is 4.74 Å². The van der Waals surface area contributed by atoms with Crippen LogP contribution in [0.25, 0.3) is 0 Å². The lowest BCUT2D eigenvalue weighted by Crippen LogP contribution is -1.99. The summed E-state index contributed by atoms with van der Waals surface area (Å²) in [6, 6.07) is 16.3. The molecule has 0 aliphatic carbocycles. The third kappa shape index (κ3) is 3.70. The van der Waals surface area contributed by atoms with Crippen LogP contribution in [0.15, 0.2) is 48.5 Å². The van der Waals surface area contributed by atoms with Crippen molar-refractivity contribution >= 4 is 6.29 Å². The van der Waals surface area contributed by atoms with Crippen molar-refractivity contribution in [3.05, 3.63) is 65.2 Å². The van der Waals surface area contributed by atoms with Crippen molar-refractivity contribution in [2.45, 2.75) is 32.8 Å². The lowest BCUT2D eigenvalue weighted by atomic mass is 9.97. The van der Waals surface area contributed by atoms with Crippen LogP contribution in [0.4, 0.5) is 0 Å². The zero-order valence-electron chi connectivity index (χ0n) is 12.0. The normalized spacial score (nSPS) is 11.9. The summed E-state index contributed by atoms with van der Waals surface area (Å²) in [5.41, 5.74) is 3.45. The Morgan fingerprint density at radius 1 is 1.15 bits per heavy atom. The molecule has 0 amide bonds. The Balaban J connectivity index is 2.04. The Morgan fingerprint density at radius 2 is 1.90 bits per heavy atom. The van der Waals surface area contributed by atoms with E-state index in [1.165, 1.54) is 5.56 Å². The van der Waals surface area contributed by atoms with Crippen LogP contribution in [0.5, 0.6) is 5.75 Å². The molecular weight excluding hydrogens is 248 g/mol. The fraction of sp³-hybridized carbons (Fsp3) is 0.278. The first kappa shape index (κ1) is 14.3. The van der Waals surface area contributed by atoms with E-state index in [-0.39, 0.29) is 5.92 Å². The first-order chi connectivity index (χ1) is 9.70. The summed E-state index contributed by atoms with van der Waals surface area (Å²) >= 11 is 0. The summed E-state index contributed by atoms with van der Waals surface area (Å²) in [7, 11) is 0. The highest BCUT2D eigenvalue weighted by atomic mass is 16.5. The lowest BCUT2D eigenvalue weighted by molar-refractivity contribution is -0.108. The van der Waals surface area contributed by atoms with E-state index >= 15 is 0 Å². The molecule has 0 bridgehead atoms. The number of rotatable bonds is 6. The van der Waals surface area contributed by atoms with Crippen molar-refractivity contribution in [2.75, 3.05) is 0 Å². The smallest absolute Gasteiger partial charge is 0.122 e. The fourth-order valence-corrected chi connectivity index (χ4v) is 2.16. The van der Waals surface area contributed by atoms with Crippen LogP contribution in [0.1, 0.15) is 36.0 Å². The van der Waals surface area contributed by atoms with E-state index < -0.39 is 0 Å². The maximum Gasteiger partial charge on any atom is 0.122 e. The van der Waals surface area contributed by atoms with Crippen molar-refractivity contribution in [1.82, 2.24) is 0 Å². The van der Waals surface area contributed by atoms with Crippen molar-refractivity contribution in [2.24, 2.45) is 0 Å². The summed E-state index contributed by atoms with van der Waals surface area (Å²) < 4.78 is 5.85. The van der Waals surface area contributed by atoms with E-state index in [0.717, 1.165) is 23.2 Å². The van der Waals surface area contributed by atoms with E-state index in [0.29, 0.717) is 13.0 Å². The van der Waals surface area contributed by atoms with Gasteiger partial charge in [0, 0.05) is 6.42 Å². The highest BCUT2D eigenvalue weighted by Crippen LogP contribution is 2.25. The number of hydrogen-bond acceptors (Lipinski definition) is 2. The number of carbonyl (C=O) groups excluding carboxylic acids is 1. The van der Waals surface area contributed by atoms with E-state index in [4.69, 9.17) is 4.74 Å². The van der Waals surface area contributed by atoms with Crippen molar-refractivity contribution in [3.8, 4) is 5.75 Å². The largest absolute Gasteiger partial charge is 0.489 e. The number of benzene rings is 2. The van der Waals surface area contributed by atoms with Gasteiger partial charge in [-0.3, -0.25) is 0 Å². The Morgan fingerprint density at radius 3 is 2.55 bits per heavy atom. The zero-order chi connectivity index (χ0) is 14.4. The predicted octanol–water partition coefficient (Wildman–Crippen LogP) is 4.27. The molecule has 2 rings (SSSR count). The minimum Gasteiger partial charge on any atom is -0.489 e. The van der Waals surface area contributed by atoms with Gasteiger partial charge in [0.1, 0.15) is 18.6 Å². The summed E-state index contributed by atoms with van der Waals surface area (Å²) in [4.78, 5) is 10.6. The van der Waals surface area contributed by atoms with Crippen LogP contribution in [0.3, 0.4) is 0 Å². The van der Waals surface area contributed by atoms with Crippen LogP contribution in [0, 0.1) is 6.92 Å². The van der Waals surface area contributed by atoms with Crippen molar-refractivity contribution in [1.29, 1.82) is 0 Å². The zero-order valence-corrected chi connectivity index (χ0v) is 12.0. The summed E-state index contributed by atoms with van der Waals surface area (Å²) in [5.74, 6) is 1.16. The second-order valence-corrected chi connectivity index (χ2v) is 5.10. The second-order valence-electron chi connectivity index (χ2n) is 5.10. The van der Waals surface area contributed by atoms with Crippen LogP contribution in [-0.2, 0) is 11.4 Å². The highest BCUT2D eigenvalue weighted by molar-refractivity contribution is 5.52. The average molecular weight is 268 g/mol. The first-order valence-corrected chi connectivity index (χ1v) is 6.91. The number of aldehydes is 1. The maximum atomic E-state index is 10.6. The van der Waals surface area contributed by atoms with Gasteiger partial charge < -0.3 is 9.53 Å². The fourth-order valence-electron chi connectivity index (χ4n) is 2.16. The van der Waals surface area contributed by atoms with Crippen molar-refractivity contribution < 1.29 is 9.53 Å². The predicted molar refractivity (Wildman–Crippen MR) is 81.0 cm³/mol. The van der Waals surface area contributed by atoms with Gasteiger partial charge in [-0.15, -0.1) is 0 Å². The van der Waals surface area contributed by atoms with Gasteiger partial charge >= 0.3 is 0 Å². The number of hydrogen-bond donors (Lipinski definition) is 0. The Labute approximate surface area is 120 Å². The molecule has 0 N–H and O–H groups in total. The molecule has 104 valence electrons.